The van der Waals surface area contributed by atoms with E-state index in [2.05, 4.69) is 11.9 Å². The average molecular weight is 233 g/mol. The van der Waals surface area contributed by atoms with Crippen molar-refractivity contribution in [2.45, 2.75) is 6.92 Å². The summed E-state index contributed by atoms with van der Waals surface area (Å²) >= 11 is 0. The molecule has 1 aliphatic heterocycles. The van der Waals surface area contributed by atoms with Crippen LogP contribution in [0.2, 0.25) is 0 Å². The summed E-state index contributed by atoms with van der Waals surface area (Å²) in [6.45, 7) is 5.79. The molecule has 2 rings (SSSR count). The Balaban J connectivity index is 2.62. The molecule has 0 spiro atoms. The van der Waals surface area contributed by atoms with Crippen LogP contribution in [-0.4, -0.2) is 20.1 Å². The summed E-state index contributed by atoms with van der Waals surface area (Å²) in [5, 5.41) is 2.83. The predicted molar refractivity (Wildman–Crippen MR) is 66.4 cm³/mol. The quantitative estimate of drug-likeness (QED) is 0.852. The maximum Gasteiger partial charge on any atom is 0.231 e. The monoisotopic (exact) mass is 233 g/mol. The fraction of sp³-hybridized carbons (Fsp3) is 0.308. The summed E-state index contributed by atoms with van der Waals surface area (Å²) in [6.07, 6.45) is 0. The largest absolute Gasteiger partial charge is 0.497 e. The fourth-order valence-corrected chi connectivity index (χ4v) is 1.91. The van der Waals surface area contributed by atoms with Crippen LogP contribution in [0.1, 0.15) is 12.5 Å². The second kappa shape index (κ2) is 4.13. The summed E-state index contributed by atoms with van der Waals surface area (Å²) in [4.78, 5) is 11.7. The molecule has 0 bridgehead atoms. The summed E-state index contributed by atoms with van der Waals surface area (Å²) in [5.41, 5.74) is 2.30. The van der Waals surface area contributed by atoms with Gasteiger partial charge in [-0.2, -0.15) is 0 Å². The molecule has 4 nitrogen and oxygen atoms in total. The standard InChI is InChI=1S/C13H15NO3/c1-7-8(2)13(15)14-10-5-9(16-3)6-11(17-4)12(7)10/h5-6,8H,1H2,2-4H3,(H,14,15). The molecule has 1 amide bonds. The third kappa shape index (κ3) is 1.75. The molecular weight excluding hydrogens is 218 g/mol. The van der Waals surface area contributed by atoms with Crippen LogP contribution < -0.4 is 14.8 Å². The molecular formula is C13H15NO3. The van der Waals surface area contributed by atoms with Gasteiger partial charge in [0.1, 0.15) is 11.5 Å². The topological polar surface area (TPSA) is 47.6 Å². The molecule has 17 heavy (non-hydrogen) atoms. The maximum absolute atomic E-state index is 11.7. The molecule has 0 saturated heterocycles. The van der Waals surface area contributed by atoms with Crippen molar-refractivity contribution in [3.05, 3.63) is 24.3 Å². The number of benzene rings is 1. The van der Waals surface area contributed by atoms with Crippen LogP contribution in [-0.2, 0) is 4.79 Å². The van der Waals surface area contributed by atoms with Crippen LogP contribution >= 0.6 is 0 Å². The highest BCUT2D eigenvalue weighted by Gasteiger charge is 2.29. The van der Waals surface area contributed by atoms with Gasteiger partial charge < -0.3 is 14.8 Å². The lowest BCUT2D eigenvalue weighted by Crippen LogP contribution is -2.27. The van der Waals surface area contributed by atoms with E-state index in [-0.39, 0.29) is 11.8 Å². The second-order valence-corrected chi connectivity index (χ2v) is 3.99. The van der Waals surface area contributed by atoms with Crippen molar-refractivity contribution in [3.8, 4) is 11.5 Å². The van der Waals surface area contributed by atoms with Crippen molar-refractivity contribution in [2.24, 2.45) is 5.92 Å². The van der Waals surface area contributed by atoms with Gasteiger partial charge in [0.2, 0.25) is 5.91 Å². The minimum absolute atomic E-state index is 0.0576. The number of carbonyl (C=O) groups excluding carboxylic acids is 1. The summed E-state index contributed by atoms with van der Waals surface area (Å²) < 4.78 is 10.5. The van der Waals surface area contributed by atoms with Gasteiger partial charge in [-0.05, 0) is 12.5 Å². The molecule has 90 valence electrons. The van der Waals surface area contributed by atoms with Crippen molar-refractivity contribution >= 4 is 17.2 Å². The van der Waals surface area contributed by atoms with E-state index < -0.39 is 0 Å². The Labute approximate surface area is 100 Å². The van der Waals surface area contributed by atoms with Crippen molar-refractivity contribution < 1.29 is 14.3 Å². The molecule has 0 radical (unpaired) electrons. The van der Waals surface area contributed by atoms with Gasteiger partial charge in [-0.15, -0.1) is 0 Å². The van der Waals surface area contributed by atoms with Gasteiger partial charge in [-0.25, -0.2) is 0 Å². The summed E-state index contributed by atoms with van der Waals surface area (Å²) in [5.74, 6) is 1.00. The molecule has 1 aliphatic rings. The van der Waals surface area contributed by atoms with Crippen LogP contribution in [0.4, 0.5) is 5.69 Å². The average Bonchev–Trinajstić information content (AvgIpc) is 2.34. The Kier molecular flexibility index (Phi) is 2.79. The van der Waals surface area contributed by atoms with Crippen LogP contribution in [0.25, 0.3) is 5.57 Å². The van der Waals surface area contributed by atoms with Gasteiger partial charge in [0.05, 0.1) is 25.8 Å². The minimum atomic E-state index is -0.246. The minimum Gasteiger partial charge on any atom is -0.497 e. The molecule has 0 saturated carbocycles. The number of methoxy groups -OCH3 is 2. The van der Waals surface area contributed by atoms with Gasteiger partial charge >= 0.3 is 0 Å². The first-order chi connectivity index (χ1) is 8.08. The van der Waals surface area contributed by atoms with Crippen molar-refractivity contribution in [1.29, 1.82) is 0 Å². The van der Waals surface area contributed by atoms with E-state index >= 15 is 0 Å². The first-order valence-electron chi connectivity index (χ1n) is 5.34. The number of hydrogen-bond acceptors (Lipinski definition) is 3. The Morgan fingerprint density at radius 2 is 2.00 bits per heavy atom. The zero-order chi connectivity index (χ0) is 12.6. The van der Waals surface area contributed by atoms with Crippen LogP contribution in [0.15, 0.2) is 18.7 Å². The third-order valence-corrected chi connectivity index (χ3v) is 3.03. The molecule has 1 atom stereocenters. The van der Waals surface area contributed by atoms with E-state index in [1.165, 1.54) is 0 Å². The number of hydrogen-bond donors (Lipinski definition) is 1. The number of fused-ring (bicyclic) bond motifs is 1. The number of rotatable bonds is 2. The van der Waals surface area contributed by atoms with Crippen LogP contribution in [0.5, 0.6) is 11.5 Å². The molecule has 4 heteroatoms. The van der Waals surface area contributed by atoms with Gasteiger partial charge in [0.25, 0.3) is 0 Å². The van der Waals surface area contributed by atoms with E-state index in [9.17, 15) is 4.79 Å². The van der Waals surface area contributed by atoms with E-state index in [0.717, 1.165) is 11.1 Å². The van der Waals surface area contributed by atoms with Crippen molar-refractivity contribution in [3.63, 3.8) is 0 Å². The molecule has 1 aromatic rings. The molecule has 0 aliphatic carbocycles. The molecule has 1 heterocycles. The number of ether oxygens (including phenoxy) is 2. The highest BCUT2D eigenvalue weighted by atomic mass is 16.5. The SMILES string of the molecule is C=C1c2c(cc(OC)cc2OC)NC(=O)C1C. The Hall–Kier alpha value is -1.97. The molecule has 0 aromatic heterocycles. The molecule has 1 unspecified atom stereocenters. The van der Waals surface area contributed by atoms with Crippen LogP contribution in [0, 0.1) is 5.92 Å². The Morgan fingerprint density at radius 1 is 1.29 bits per heavy atom. The lowest BCUT2D eigenvalue weighted by molar-refractivity contribution is -0.118. The lowest BCUT2D eigenvalue weighted by Gasteiger charge is -2.26. The fourth-order valence-electron chi connectivity index (χ4n) is 1.91. The Bertz CT molecular complexity index is 494. The number of nitrogens with one attached hydrogen (secondary N) is 1. The Morgan fingerprint density at radius 3 is 2.59 bits per heavy atom. The zero-order valence-electron chi connectivity index (χ0n) is 10.2. The third-order valence-electron chi connectivity index (χ3n) is 3.03. The number of carbonyl (C=O) groups is 1. The zero-order valence-corrected chi connectivity index (χ0v) is 10.2. The number of anilines is 1. The first-order valence-corrected chi connectivity index (χ1v) is 5.34. The normalized spacial score (nSPS) is 18.4. The smallest absolute Gasteiger partial charge is 0.231 e. The summed E-state index contributed by atoms with van der Waals surface area (Å²) in [7, 11) is 3.16. The predicted octanol–water partition coefficient (Wildman–Crippen LogP) is 2.31. The summed E-state index contributed by atoms with van der Waals surface area (Å²) in [6, 6.07) is 3.56. The van der Waals surface area contributed by atoms with Gasteiger partial charge in [-0.3, -0.25) is 4.79 Å². The first kappa shape index (κ1) is 11.5. The van der Waals surface area contributed by atoms with Gasteiger partial charge in [0.15, 0.2) is 0 Å². The highest BCUT2D eigenvalue weighted by molar-refractivity contribution is 6.08. The van der Waals surface area contributed by atoms with Gasteiger partial charge in [0, 0.05) is 17.7 Å². The maximum atomic E-state index is 11.7. The van der Waals surface area contributed by atoms with Crippen molar-refractivity contribution in [2.75, 3.05) is 19.5 Å². The number of amides is 1. The highest BCUT2D eigenvalue weighted by Crippen LogP contribution is 2.42. The van der Waals surface area contributed by atoms with E-state index in [1.807, 2.05) is 6.92 Å². The van der Waals surface area contributed by atoms with E-state index in [0.29, 0.717) is 17.2 Å². The van der Waals surface area contributed by atoms with Crippen molar-refractivity contribution in [1.82, 2.24) is 0 Å². The molecule has 0 fully saturated rings. The molecule has 1 aromatic carbocycles. The van der Waals surface area contributed by atoms with E-state index in [1.54, 1.807) is 26.4 Å². The van der Waals surface area contributed by atoms with E-state index in [4.69, 9.17) is 9.47 Å². The van der Waals surface area contributed by atoms with Crippen LogP contribution in [0.3, 0.4) is 0 Å². The molecule has 1 N–H and O–H groups in total. The van der Waals surface area contributed by atoms with Gasteiger partial charge in [-0.1, -0.05) is 6.58 Å². The second-order valence-electron chi connectivity index (χ2n) is 3.99. The lowest BCUT2D eigenvalue weighted by atomic mass is 9.89.